The van der Waals surface area contributed by atoms with Crippen molar-refractivity contribution in [1.82, 2.24) is 30.5 Å². The van der Waals surface area contributed by atoms with E-state index in [9.17, 15) is 24.3 Å². The predicted octanol–water partition coefficient (Wildman–Crippen LogP) is 0.705. The number of fused-ring (bicyclic) bond motifs is 1. The highest BCUT2D eigenvalue weighted by molar-refractivity contribution is 5.95. The second kappa shape index (κ2) is 12.1. The Balaban J connectivity index is 1.55. The standard InChI is InChI=1S/C27H35N7O5/c1-15(2)23(26(37)34-9-5-8-22(34)27(38)39)33-25(36)21(10-16-12-30-20-7-4-3-6-18(16)20)32-24(35)19(28)11-17-13-29-14-31-17/h3-4,6-7,12-15,19,21-23,30H,5,8-11,28H2,1-2H3,(H,29,31)(H,32,35)(H,33,36)(H,38,39). The van der Waals surface area contributed by atoms with Crippen LogP contribution in [0.5, 0.6) is 0 Å². The number of aliphatic carboxylic acids is 1. The summed E-state index contributed by atoms with van der Waals surface area (Å²) in [7, 11) is 0. The van der Waals surface area contributed by atoms with Crippen molar-refractivity contribution in [3.63, 3.8) is 0 Å². The maximum atomic E-state index is 13.7. The minimum atomic E-state index is -1.06. The average Bonchev–Trinajstić information content (AvgIpc) is 3.67. The summed E-state index contributed by atoms with van der Waals surface area (Å²) in [6, 6.07) is 3.76. The van der Waals surface area contributed by atoms with Gasteiger partial charge in [0.2, 0.25) is 17.7 Å². The molecule has 4 unspecified atom stereocenters. The molecule has 0 spiro atoms. The van der Waals surface area contributed by atoms with E-state index in [1.54, 1.807) is 26.2 Å². The van der Waals surface area contributed by atoms with Crippen molar-refractivity contribution in [2.75, 3.05) is 6.54 Å². The van der Waals surface area contributed by atoms with Gasteiger partial charge in [-0.2, -0.15) is 0 Å². The van der Waals surface area contributed by atoms with Crippen molar-refractivity contribution in [1.29, 1.82) is 0 Å². The summed E-state index contributed by atoms with van der Waals surface area (Å²) < 4.78 is 0. The Morgan fingerprint density at radius 3 is 2.59 bits per heavy atom. The zero-order chi connectivity index (χ0) is 28.1. The Hall–Kier alpha value is -4.19. The predicted molar refractivity (Wildman–Crippen MR) is 143 cm³/mol. The maximum absolute atomic E-state index is 13.7. The number of nitrogens with two attached hydrogens (primary N) is 1. The molecule has 7 N–H and O–H groups in total. The molecule has 12 nitrogen and oxygen atoms in total. The number of aromatic nitrogens is 3. The third-order valence-corrected chi connectivity index (χ3v) is 7.11. The second-order valence-electron chi connectivity index (χ2n) is 10.3. The van der Waals surface area contributed by atoms with E-state index in [0.717, 1.165) is 16.5 Å². The zero-order valence-electron chi connectivity index (χ0n) is 22.0. The van der Waals surface area contributed by atoms with Crippen molar-refractivity contribution in [3.8, 4) is 0 Å². The Morgan fingerprint density at radius 2 is 1.90 bits per heavy atom. The number of carboxylic acids is 1. The number of para-hydroxylation sites is 1. The van der Waals surface area contributed by atoms with E-state index < -0.39 is 47.9 Å². The van der Waals surface area contributed by atoms with Gasteiger partial charge in [-0.15, -0.1) is 0 Å². The van der Waals surface area contributed by atoms with Crippen LogP contribution in [0.25, 0.3) is 10.9 Å². The molecule has 3 heterocycles. The van der Waals surface area contributed by atoms with Gasteiger partial charge in [-0.25, -0.2) is 9.78 Å². The van der Waals surface area contributed by atoms with Gasteiger partial charge in [0.15, 0.2) is 0 Å². The smallest absolute Gasteiger partial charge is 0.326 e. The van der Waals surface area contributed by atoms with Crippen LogP contribution in [0.1, 0.15) is 37.9 Å². The lowest BCUT2D eigenvalue weighted by molar-refractivity contribution is -0.150. The van der Waals surface area contributed by atoms with Crippen molar-refractivity contribution >= 4 is 34.6 Å². The van der Waals surface area contributed by atoms with Gasteiger partial charge in [-0.3, -0.25) is 14.4 Å². The highest BCUT2D eigenvalue weighted by atomic mass is 16.4. The quantitative estimate of drug-likeness (QED) is 0.208. The highest BCUT2D eigenvalue weighted by Crippen LogP contribution is 2.22. The number of likely N-dealkylation sites (tertiary alicyclic amines) is 1. The molecule has 3 amide bonds. The molecule has 4 atom stereocenters. The summed E-state index contributed by atoms with van der Waals surface area (Å²) in [5.41, 5.74) is 8.51. The molecule has 1 fully saturated rings. The summed E-state index contributed by atoms with van der Waals surface area (Å²) in [4.78, 5) is 63.1. The first kappa shape index (κ1) is 27.8. The first-order chi connectivity index (χ1) is 18.7. The molecule has 1 aromatic carbocycles. The number of nitrogens with one attached hydrogen (secondary N) is 4. The number of amides is 3. The number of hydrogen-bond donors (Lipinski definition) is 6. The monoisotopic (exact) mass is 537 g/mol. The van der Waals surface area contributed by atoms with Crippen LogP contribution in [-0.2, 0) is 32.0 Å². The lowest BCUT2D eigenvalue weighted by Gasteiger charge is -2.30. The van der Waals surface area contributed by atoms with Gasteiger partial charge < -0.3 is 36.3 Å². The van der Waals surface area contributed by atoms with Crippen LogP contribution in [-0.4, -0.2) is 79.4 Å². The number of aromatic amines is 2. The lowest BCUT2D eigenvalue weighted by Crippen LogP contribution is -2.59. The largest absolute Gasteiger partial charge is 0.480 e. The van der Waals surface area contributed by atoms with Gasteiger partial charge >= 0.3 is 5.97 Å². The molecule has 208 valence electrons. The van der Waals surface area contributed by atoms with E-state index in [2.05, 4.69) is 25.6 Å². The summed E-state index contributed by atoms with van der Waals surface area (Å²) in [6.45, 7) is 3.87. The molecule has 12 heteroatoms. The summed E-state index contributed by atoms with van der Waals surface area (Å²) in [5.74, 6) is -2.91. The number of carbonyl (C=O) groups is 4. The minimum Gasteiger partial charge on any atom is -0.480 e. The molecule has 4 rings (SSSR count). The normalized spacial score (nSPS) is 17.6. The van der Waals surface area contributed by atoms with Gasteiger partial charge in [-0.05, 0) is 30.4 Å². The molecule has 0 radical (unpaired) electrons. The number of hydrogen-bond acceptors (Lipinski definition) is 6. The second-order valence-corrected chi connectivity index (χ2v) is 10.3. The van der Waals surface area contributed by atoms with Crippen LogP contribution in [0.2, 0.25) is 0 Å². The van der Waals surface area contributed by atoms with E-state index in [-0.39, 0.29) is 18.8 Å². The van der Waals surface area contributed by atoms with Gasteiger partial charge in [0, 0.05) is 48.4 Å². The van der Waals surface area contributed by atoms with Crippen LogP contribution in [0.3, 0.4) is 0 Å². The third kappa shape index (κ3) is 6.45. The minimum absolute atomic E-state index is 0.152. The van der Waals surface area contributed by atoms with Gasteiger partial charge in [0.25, 0.3) is 0 Å². The Labute approximate surface area is 225 Å². The van der Waals surface area contributed by atoms with Crippen molar-refractivity contribution in [2.24, 2.45) is 11.7 Å². The first-order valence-electron chi connectivity index (χ1n) is 13.1. The Kier molecular flexibility index (Phi) is 8.65. The van der Waals surface area contributed by atoms with Crippen LogP contribution in [0.4, 0.5) is 0 Å². The molecule has 3 aromatic rings. The van der Waals surface area contributed by atoms with Gasteiger partial charge in [0.05, 0.1) is 12.4 Å². The summed E-state index contributed by atoms with van der Waals surface area (Å²) in [5, 5.41) is 16.0. The van der Waals surface area contributed by atoms with Crippen molar-refractivity contribution in [3.05, 3.63) is 54.2 Å². The van der Waals surface area contributed by atoms with Crippen LogP contribution >= 0.6 is 0 Å². The third-order valence-electron chi connectivity index (χ3n) is 7.11. The molecule has 0 bridgehead atoms. The number of H-pyrrole nitrogens is 2. The number of imidazole rings is 1. The highest BCUT2D eigenvalue weighted by Gasteiger charge is 2.39. The van der Waals surface area contributed by atoms with E-state index in [0.29, 0.717) is 25.1 Å². The Bertz CT molecular complexity index is 1320. The molecule has 1 aliphatic heterocycles. The number of rotatable bonds is 11. The van der Waals surface area contributed by atoms with Crippen molar-refractivity contribution < 1.29 is 24.3 Å². The van der Waals surface area contributed by atoms with Crippen molar-refractivity contribution in [2.45, 2.75) is 63.7 Å². The zero-order valence-corrected chi connectivity index (χ0v) is 22.0. The number of nitrogens with zero attached hydrogens (tertiary/aromatic N) is 2. The summed E-state index contributed by atoms with van der Waals surface area (Å²) in [6.07, 6.45) is 6.15. The lowest BCUT2D eigenvalue weighted by atomic mass is 9.99. The molecular weight excluding hydrogens is 502 g/mol. The molecule has 0 aliphatic carbocycles. The van der Waals surface area contributed by atoms with Gasteiger partial charge in [-0.1, -0.05) is 32.0 Å². The first-order valence-corrected chi connectivity index (χ1v) is 13.1. The van der Waals surface area contributed by atoms with Gasteiger partial charge in [0.1, 0.15) is 18.1 Å². The number of carboxylic acid groups (broad SMARTS) is 1. The fraction of sp³-hybridized carbons (Fsp3) is 0.444. The van der Waals surface area contributed by atoms with Crippen LogP contribution in [0, 0.1) is 5.92 Å². The molecule has 2 aromatic heterocycles. The van der Waals surface area contributed by atoms with E-state index >= 15 is 0 Å². The summed E-state index contributed by atoms with van der Waals surface area (Å²) >= 11 is 0. The fourth-order valence-electron chi connectivity index (χ4n) is 4.97. The number of carbonyl (C=O) groups excluding carboxylic acids is 3. The maximum Gasteiger partial charge on any atom is 0.326 e. The molecule has 0 saturated carbocycles. The van der Waals surface area contributed by atoms with Crippen LogP contribution < -0.4 is 16.4 Å². The fourth-order valence-corrected chi connectivity index (χ4v) is 4.97. The van der Waals surface area contributed by atoms with Crippen LogP contribution in [0.15, 0.2) is 43.0 Å². The molecular formula is C27H35N7O5. The molecule has 1 aliphatic rings. The van der Waals surface area contributed by atoms with E-state index in [1.165, 1.54) is 11.2 Å². The Morgan fingerprint density at radius 1 is 1.13 bits per heavy atom. The SMILES string of the molecule is CC(C)C(NC(=O)C(Cc1c[nH]c2ccccc12)NC(=O)C(N)Cc1cnc[nH]1)C(=O)N1CCCC1C(=O)O. The number of benzene rings is 1. The molecule has 1 saturated heterocycles. The van der Waals surface area contributed by atoms with E-state index in [1.807, 2.05) is 24.3 Å². The topological polar surface area (TPSA) is 186 Å². The molecule has 39 heavy (non-hydrogen) atoms. The van der Waals surface area contributed by atoms with E-state index in [4.69, 9.17) is 5.73 Å². The average molecular weight is 538 g/mol.